The van der Waals surface area contributed by atoms with E-state index in [1.807, 2.05) is 19.0 Å². The first-order valence-electron chi connectivity index (χ1n) is 9.14. The second-order valence-corrected chi connectivity index (χ2v) is 7.09. The van der Waals surface area contributed by atoms with Gasteiger partial charge in [-0.3, -0.25) is 9.59 Å². The molecule has 0 radical (unpaired) electrons. The number of nitrogens with one attached hydrogen (secondary N) is 1. The first-order chi connectivity index (χ1) is 13.3. The van der Waals surface area contributed by atoms with E-state index < -0.39 is 6.10 Å². The molecule has 1 N–H and O–H groups in total. The molecular weight excluding hydrogens is 361 g/mol. The number of amides is 2. The van der Waals surface area contributed by atoms with Crippen LogP contribution in [-0.4, -0.2) is 50.0 Å². The zero-order valence-electron chi connectivity index (χ0n) is 16.2. The SMILES string of the molecule is CC1Oc2ccc(NC(=O)Cc3ccc(F)cc3)cc2N(CCN(C)C)C1=O. The molecule has 148 valence electrons. The summed E-state index contributed by atoms with van der Waals surface area (Å²) in [7, 11) is 3.89. The van der Waals surface area contributed by atoms with Crippen molar-refractivity contribution in [3.8, 4) is 5.75 Å². The van der Waals surface area contributed by atoms with E-state index >= 15 is 0 Å². The normalized spacial score (nSPS) is 16.0. The van der Waals surface area contributed by atoms with Gasteiger partial charge in [-0.1, -0.05) is 12.1 Å². The summed E-state index contributed by atoms with van der Waals surface area (Å²) < 4.78 is 18.7. The molecule has 2 amide bonds. The van der Waals surface area contributed by atoms with Crippen molar-refractivity contribution in [2.75, 3.05) is 37.4 Å². The Kier molecular flexibility index (Phi) is 5.94. The van der Waals surface area contributed by atoms with Crippen molar-refractivity contribution in [3.05, 3.63) is 53.8 Å². The predicted molar refractivity (Wildman–Crippen MR) is 106 cm³/mol. The van der Waals surface area contributed by atoms with Gasteiger partial charge in [0, 0.05) is 18.8 Å². The minimum atomic E-state index is -0.548. The van der Waals surface area contributed by atoms with E-state index in [4.69, 9.17) is 4.74 Å². The first-order valence-corrected chi connectivity index (χ1v) is 9.14. The number of fused-ring (bicyclic) bond motifs is 1. The number of hydrogen-bond donors (Lipinski definition) is 1. The Morgan fingerprint density at radius 2 is 1.93 bits per heavy atom. The maximum Gasteiger partial charge on any atom is 0.267 e. The maximum absolute atomic E-state index is 13.0. The van der Waals surface area contributed by atoms with Gasteiger partial charge in [0.2, 0.25) is 5.91 Å². The molecule has 0 fully saturated rings. The fraction of sp³-hybridized carbons (Fsp3) is 0.333. The highest BCUT2D eigenvalue weighted by Gasteiger charge is 2.31. The van der Waals surface area contributed by atoms with E-state index in [2.05, 4.69) is 5.32 Å². The summed E-state index contributed by atoms with van der Waals surface area (Å²) in [5.41, 5.74) is 1.94. The number of benzene rings is 2. The summed E-state index contributed by atoms with van der Waals surface area (Å²) in [4.78, 5) is 28.6. The predicted octanol–water partition coefficient (Wildman–Crippen LogP) is 2.68. The van der Waals surface area contributed by atoms with Gasteiger partial charge >= 0.3 is 0 Å². The van der Waals surface area contributed by atoms with Crippen LogP contribution in [-0.2, 0) is 16.0 Å². The summed E-state index contributed by atoms with van der Waals surface area (Å²) >= 11 is 0. The summed E-state index contributed by atoms with van der Waals surface area (Å²) in [5.74, 6) is -0.0510. The summed E-state index contributed by atoms with van der Waals surface area (Å²) in [5, 5.41) is 2.83. The fourth-order valence-electron chi connectivity index (χ4n) is 3.01. The topological polar surface area (TPSA) is 61.9 Å². The number of carbonyl (C=O) groups excluding carboxylic acids is 2. The summed E-state index contributed by atoms with van der Waals surface area (Å²) in [6, 6.07) is 11.1. The van der Waals surface area contributed by atoms with Crippen molar-refractivity contribution in [3.63, 3.8) is 0 Å². The Labute approximate surface area is 163 Å². The van der Waals surface area contributed by atoms with E-state index in [0.717, 1.165) is 5.56 Å². The number of carbonyl (C=O) groups is 2. The summed E-state index contributed by atoms with van der Waals surface area (Å²) in [6.45, 7) is 2.96. The van der Waals surface area contributed by atoms with Gasteiger partial charge in [0.25, 0.3) is 5.91 Å². The van der Waals surface area contributed by atoms with E-state index in [1.165, 1.54) is 12.1 Å². The Bertz CT molecular complexity index is 868. The molecule has 0 saturated carbocycles. The Hall–Kier alpha value is -2.93. The van der Waals surface area contributed by atoms with Crippen molar-refractivity contribution in [2.24, 2.45) is 0 Å². The molecule has 7 heteroatoms. The zero-order valence-corrected chi connectivity index (χ0v) is 16.2. The molecule has 1 atom stereocenters. The largest absolute Gasteiger partial charge is 0.479 e. The molecule has 2 aromatic rings. The molecule has 0 aliphatic carbocycles. The average Bonchev–Trinajstić information content (AvgIpc) is 2.64. The molecule has 1 unspecified atom stereocenters. The van der Waals surface area contributed by atoms with Gasteiger partial charge in [0.1, 0.15) is 11.6 Å². The summed E-state index contributed by atoms with van der Waals surface area (Å²) in [6.07, 6.45) is -0.415. The number of hydrogen-bond acceptors (Lipinski definition) is 4. The quantitative estimate of drug-likeness (QED) is 0.831. The number of likely N-dealkylation sites (N-methyl/N-ethyl adjacent to an activating group) is 1. The minimum Gasteiger partial charge on any atom is -0.479 e. The third-order valence-electron chi connectivity index (χ3n) is 4.50. The molecule has 2 aromatic carbocycles. The second-order valence-electron chi connectivity index (χ2n) is 7.09. The fourth-order valence-corrected chi connectivity index (χ4v) is 3.01. The lowest BCUT2D eigenvalue weighted by atomic mass is 10.1. The number of nitrogens with zero attached hydrogens (tertiary/aromatic N) is 2. The van der Waals surface area contributed by atoms with Crippen LogP contribution in [0.3, 0.4) is 0 Å². The van der Waals surface area contributed by atoms with E-state index in [-0.39, 0.29) is 24.1 Å². The third kappa shape index (κ3) is 4.67. The molecule has 3 rings (SSSR count). The van der Waals surface area contributed by atoms with Crippen molar-refractivity contribution >= 4 is 23.2 Å². The van der Waals surface area contributed by atoms with Crippen LogP contribution in [0.4, 0.5) is 15.8 Å². The third-order valence-corrected chi connectivity index (χ3v) is 4.50. The lowest BCUT2D eigenvalue weighted by Crippen LogP contribution is -2.46. The van der Waals surface area contributed by atoms with Crippen LogP contribution in [0.15, 0.2) is 42.5 Å². The zero-order chi connectivity index (χ0) is 20.3. The highest BCUT2D eigenvalue weighted by Crippen LogP contribution is 2.36. The molecule has 0 bridgehead atoms. The van der Waals surface area contributed by atoms with Crippen molar-refractivity contribution < 1.29 is 18.7 Å². The maximum atomic E-state index is 13.0. The standard InChI is InChI=1S/C21H24FN3O3/c1-14-21(27)25(11-10-24(2)3)18-13-17(8-9-19(18)28-14)23-20(26)12-15-4-6-16(22)7-5-15/h4-9,13-14H,10-12H2,1-3H3,(H,23,26). The van der Waals surface area contributed by atoms with Crippen LogP contribution in [0.1, 0.15) is 12.5 Å². The van der Waals surface area contributed by atoms with Gasteiger partial charge in [-0.05, 0) is 56.9 Å². The molecule has 0 aromatic heterocycles. The van der Waals surface area contributed by atoms with E-state index in [9.17, 15) is 14.0 Å². The van der Waals surface area contributed by atoms with Gasteiger partial charge in [-0.15, -0.1) is 0 Å². The molecule has 0 saturated heterocycles. The van der Waals surface area contributed by atoms with Gasteiger partial charge in [0.05, 0.1) is 12.1 Å². The molecule has 1 aliphatic rings. The molecule has 6 nitrogen and oxygen atoms in total. The van der Waals surface area contributed by atoms with Gasteiger partial charge in [0.15, 0.2) is 6.10 Å². The Morgan fingerprint density at radius 1 is 1.21 bits per heavy atom. The lowest BCUT2D eigenvalue weighted by molar-refractivity contribution is -0.125. The highest BCUT2D eigenvalue weighted by molar-refractivity contribution is 6.01. The number of halogens is 1. The highest BCUT2D eigenvalue weighted by atomic mass is 19.1. The van der Waals surface area contributed by atoms with Crippen molar-refractivity contribution in [2.45, 2.75) is 19.4 Å². The number of ether oxygens (including phenoxy) is 1. The number of rotatable bonds is 6. The van der Waals surface area contributed by atoms with Crippen LogP contribution in [0.25, 0.3) is 0 Å². The smallest absolute Gasteiger partial charge is 0.267 e. The Balaban J connectivity index is 1.76. The molecule has 1 heterocycles. The number of anilines is 2. The van der Waals surface area contributed by atoms with Gasteiger partial charge in [-0.2, -0.15) is 0 Å². The van der Waals surface area contributed by atoms with Crippen LogP contribution in [0, 0.1) is 5.82 Å². The van der Waals surface area contributed by atoms with Crippen molar-refractivity contribution in [1.29, 1.82) is 0 Å². The van der Waals surface area contributed by atoms with E-state index in [1.54, 1.807) is 42.2 Å². The van der Waals surface area contributed by atoms with Crippen LogP contribution in [0.2, 0.25) is 0 Å². The van der Waals surface area contributed by atoms with Gasteiger partial charge < -0.3 is 19.9 Å². The first kappa shape index (κ1) is 19.8. The lowest BCUT2D eigenvalue weighted by Gasteiger charge is -2.34. The van der Waals surface area contributed by atoms with Crippen molar-refractivity contribution in [1.82, 2.24) is 4.90 Å². The minimum absolute atomic E-state index is 0.107. The molecule has 1 aliphatic heterocycles. The Morgan fingerprint density at radius 3 is 2.61 bits per heavy atom. The van der Waals surface area contributed by atoms with Crippen LogP contribution in [0.5, 0.6) is 5.75 Å². The van der Waals surface area contributed by atoms with E-state index in [0.29, 0.717) is 30.2 Å². The monoisotopic (exact) mass is 385 g/mol. The average molecular weight is 385 g/mol. The second kappa shape index (κ2) is 8.39. The molecule has 0 spiro atoms. The van der Waals surface area contributed by atoms with Crippen LogP contribution >= 0.6 is 0 Å². The molecule has 28 heavy (non-hydrogen) atoms. The molecular formula is C21H24FN3O3. The van der Waals surface area contributed by atoms with Gasteiger partial charge in [-0.25, -0.2) is 4.39 Å². The van der Waals surface area contributed by atoms with Crippen LogP contribution < -0.4 is 15.0 Å².